The summed E-state index contributed by atoms with van der Waals surface area (Å²) in [4.78, 5) is 29.6. The van der Waals surface area contributed by atoms with E-state index in [2.05, 4.69) is 33.9 Å². The van der Waals surface area contributed by atoms with Gasteiger partial charge in [-0.25, -0.2) is 4.79 Å². The zero-order valence-corrected chi connectivity index (χ0v) is 30.0. The summed E-state index contributed by atoms with van der Waals surface area (Å²) in [6, 6.07) is 3.51. The minimum atomic E-state index is -4.50. The van der Waals surface area contributed by atoms with Crippen molar-refractivity contribution in [1.82, 2.24) is 4.90 Å². The molecule has 2 aliphatic heterocycles. The summed E-state index contributed by atoms with van der Waals surface area (Å²) in [5.74, 6) is -0.573. The van der Waals surface area contributed by atoms with Gasteiger partial charge in [0, 0.05) is 30.9 Å². The smallest absolute Gasteiger partial charge is 0.416 e. The van der Waals surface area contributed by atoms with E-state index in [4.69, 9.17) is 13.9 Å². The lowest BCUT2D eigenvalue weighted by Gasteiger charge is -2.41. The molecule has 2 aliphatic rings. The Hall–Kier alpha value is -2.53. The number of alkyl halides is 3. The van der Waals surface area contributed by atoms with Crippen LogP contribution in [0.1, 0.15) is 92.7 Å². The predicted molar refractivity (Wildman–Crippen MR) is 175 cm³/mol. The van der Waals surface area contributed by atoms with Crippen LogP contribution in [0, 0.1) is 5.92 Å². The lowest BCUT2D eigenvalue weighted by molar-refractivity contribution is -0.160. The van der Waals surface area contributed by atoms with Gasteiger partial charge in [-0.2, -0.15) is 13.2 Å². The van der Waals surface area contributed by atoms with Gasteiger partial charge in [-0.15, -0.1) is 0 Å². The molecule has 1 aromatic rings. The number of carbonyl (C=O) groups is 2. The zero-order valence-electron chi connectivity index (χ0n) is 29.0. The highest BCUT2D eigenvalue weighted by Gasteiger charge is 2.40. The maximum Gasteiger partial charge on any atom is 0.416 e. The highest BCUT2D eigenvalue weighted by Crippen LogP contribution is 2.41. The molecule has 45 heavy (non-hydrogen) atoms. The van der Waals surface area contributed by atoms with Gasteiger partial charge in [0.1, 0.15) is 11.2 Å². The molecule has 0 N–H and O–H groups in total. The summed E-state index contributed by atoms with van der Waals surface area (Å²) >= 11 is 0. The Labute approximate surface area is 268 Å². The van der Waals surface area contributed by atoms with Gasteiger partial charge in [-0.1, -0.05) is 32.9 Å². The van der Waals surface area contributed by atoms with Crippen molar-refractivity contribution >= 4 is 31.6 Å². The van der Waals surface area contributed by atoms with Crippen LogP contribution in [0.25, 0.3) is 5.57 Å². The lowest BCUT2D eigenvalue weighted by Crippen LogP contribution is -2.50. The van der Waals surface area contributed by atoms with E-state index in [0.717, 1.165) is 11.6 Å². The van der Waals surface area contributed by atoms with Crippen LogP contribution < -0.4 is 4.90 Å². The fourth-order valence-electron chi connectivity index (χ4n) is 5.22. The van der Waals surface area contributed by atoms with E-state index in [1.54, 1.807) is 11.0 Å². The highest BCUT2D eigenvalue weighted by atomic mass is 28.4. The van der Waals surface area contributed by atoms with Gasteiger partial charge < -0.3 is 18.8 Å². The van der Waals surface area contributed by atoms with Crippen molar-refractivity contribution < 1.29 is 36.7 Å². The van der Waals surface area contributed by atoms with Crippen molar-refractivity contribution in [2.75, 3.05) is 31.1 Å². The zero-order chi connectivity index (χ0) is 34.2. The quantitative estimate of drug-likeness (QED) is 0.226. The van der Waals surface area contributed by atoms with E-state index in [1.807, 2.05) is 52.5 Å². The molecular weight excluding hydrogens is 601 g/mol. The second-order valence-electron chi connectivity index (χ2n) is 15.8. The van der Waals surface area contributed by atoms with Crippen LogP contribution in [0.4, 0.5) is 23.7 Å². The van der Waals surface area contributed by atoms with Crippen molar-refractivity contribution in [3.8, 4) is 0 Å². The molecule has 1 aromatic carbocycles. The molecule has 1 amide bonds. The molecule has 1 saturated heterocycles. The number of ether oxygens (including phenoxy) is 2. The second-order valence-corrected chi connectivity index (χ2v) is 20.6. The largest absolute Gasteiger partial charge is 0.460 e. The van der Waals surface area contributed by atoms with E-state index in [-0.39, 0.29) is 29.5 Å². The highest BCUT2D eigenvalue weighted by molar-refractivity contribution is 6.74. The molecule has 2 heterocycles. The van der Waals surface area contributed by atoms with Crippen LogP contribution in [0.2, 0.25) is 18.1 Å². The summed E-state index contributed by atoms with van der Waals surface area (Å²) in [7, 11) is -2.17. The van der Waals surface area contributed by atoms with E-state index < -0.39 is 37.4 Å². The molecule has 7 nitrogen and oxygen atoms in total. The van der Waals surface area contributed by atoms with Crippen LogP contribution >= 0.6 is 0 Å². The number of anilines is 1. The van der Waals surface area contributed by atoms with Crippen molar-refractivity contribution in [1.29, 1.82) is 0 Å². The molecule has 254 valence electrons. The molecular formula is C34H53F3N2O5Si. The van der Waals surface area contributed by atoms with Gasteiger partial charge in [-0.3, -0.25) is 9.69 Å². The van der Waals surface area contributed by atoms with Crippen LogP contribution in [-0.2, 0) is 24.9 Å². The molecule has 0 unspecified atom stereocenters. The van der Waals surface area contributed by atoms with E-state index in [0.29, 0.717) is 50.2 Å². The Kier molecular flexibility index (Phi) is 10.9. The summed E-state index contributed by atoms with van der Waals surface area (Å²) in [6.07, 6.45) is -1.67. The first kappa shape index (κ1) is 36.9. The van der Waals surface area contributed by atoms with Gasteiger partial charge in [0.15, 0.2) is 8.32 Å². The summed E-state index contributed by atoms with van der Waals surface area (Å²) in [6.45, 7) is 23.1. The number of esters is 1. The number of amides is 1. The SMILES string of the molecule is CC(C)(C)OC(=O)C1CCN(c2cc(C(F)(F)F)ccc2C2=CCN(C(=O)OC(C)(C)C)[C@H](CO[Si](C)(C)C(C)(C)C)C2)CC1. The topological polar surface area (TPSA) is 68.3 Å². The number of benzene rings is 1. The lowest BCUT2D eigenvalue weighted by atomic mass is 9.90. The molecule has 0 bridgehead atoms. The number of hydrogen-bond donors (Lipinski definition) is 0. The van der Waals surface area contributed by atoms with Crippen molar-refractivity contribution in [3.05, 3.63) is 35.4 Å². The Balaban J connectivity index is 1.95. The van der Waals surface area contributed by atoms with Gasteiger partial charge in [0.05, 0.1) is 24.1 Å². The maximum atomic E-state index is 13.9. The molecule has 1 atom stereocenters. The van der Waals surface area contributed by atoms with Gasteiger partial charge in [-0.05, 0) is 96.6 Å². The molecule has 1 fully saturated rings. The Morgan fingerprint density at radius 2 is 1.49 bits per heavy atom. The first-order valence-corrected chi connectivity index (χ1v) is 18.8. The normalized spacial score (nSPS) is 19.3. The monoisotopic (exact) mass is 654 g/mol. The van der Waals surface area contributed by atoms with Gasteiger partial charge >= 0.3 is 18.2 Å². The minimum absolute atomic E-state index is 0.0386. The fraction of sp³-hybridized carbons (Fsp3) is 0.706. The Morgan fingerprint density at radius 1 is 0.911 bits per heavy atom. The predicted octanol–water partition coefficient (Wildman–Crippen LogP) is 8.68. The Morgan fingerprint density at radius 3 is 2.00 bits per heavy atom. The van der Waals surface area contributed by atoms with Crippen LogP contribution in [0.3, 0.4) is 0 Å². The minimum Gasteiger partial charge on any atom is -0.460 e. The maximum absolute atomic E-state index is 13.9. The van der Waals surface area contributed by atoms with Crippen LogP contribution in [0.15, 0.2) is 24.3 Å². The van der Waals surface area contributed by atoms with Crippen molar-refractivity contribution in [3.63, 3.8) is 0 Å². The average Bonchev–Trinajstić information content (AvgIpc) is 2.88. The molecule has 3 rings (SSSR count). The molecule has 0 aromatic heterocycles. The third-order valence-corrected chi connectivity index (χ3v) is 13.2. The molecule has 0 saturated carbocycles. The molecule has 0 spiro atoms. The second kappa shape index (κ2) is 13.3. The number of nitrogens with zero attached hydrogens (tertiary/aromatic N) is 2. The number of rotatable bonds is 6. The first-order valence-electron chi connectivity index (χ1n) is 15.9. The van der Waals surface area contributed by atoms with Gasteiger partial charge in [0.2, 0.25) is 0 Å². The summed E-state index contributed by atoms with van der Waals surface area (Å²) in [5, 5.41) is -0.0386. The first-order chi connectivity index (χ1) is 20.4. The summed E-state index contributed by atoms with van der Waals surface area (Å²) < 4.78 is 59.6. The van der Waals surface area contributed by atoms with Crippen LogP contribution in [0.5, 0.6) is 0 Å². The summed E-state index contributed by atoms with van der Waals surface area (Å²) in [5.41, 5.74) is 0.0244. The number of carbonyl (C=O) groups excluding carboxylic acids is 2. The third kappa shape index (κ3) is 9.98. The fourth-order valence-corrected chi connectivity index (χ4v) is 6.26. The molecule has 0 aliphatic carbocycles. The third-order valence-electron chi connectivity index (χ3n) is 8.75. The number of piperidine rings is 1. The van der Waals surface area contributed by atoms with E-state index in [9.17, 15) is 22.8 Å². The standard InChI is InChI=1S/C34H53F3N2O5Si/c1-31(2,3)43-29(40)23-14-17-38(18-15-23)28-21-25(34(35,36)37)12-13-27(28)24-16-19-39(30(41)44-32(4,5)6)26(20-24)22-42-45(10,11)33(7,8)9/h12-13,16,21,23,26H,14-15,17-20,22H2,1-11H3/t26-/m0/s1. The van der Waals surface area contributed by atoms with E-state index in [1.165, 1.54) is 6.07 Å². The number of hydrogen-bond acceptors (Lipinski definition) is 6. The van der Waals surface area contributed by atoms with Gasteiger partial charge in [0.25, 0.3) is 0 Å². The van der Waals surface area contributed by atoms with Crippen molar-refractivity contribution in [2.24, 2.45) is 5.92 Å². The van der Waals surface area contributed by atoms with Crippen LogP contribution in [-0.4, -0.2) is 68.8 Å². The van der Waals surface area contributed by atoms with Crippen molar-refractivity contribution in [2.45, 2.75) is 123 Å². The molecule has 11 heteroatoms. The van der Waals surface area contributed by atoms with E-state index >= 15 is 0 Å². The number of halogens is 3. The average molecular weight is 655 g/mol. The molecule has 0 radical (unpaired) electrons. The Bertz CT molecular complexity index is 1250.